The van der Waals surface area contributed by atoms with Crippen molar-refractivity contribution in [3.8, 4) is 0 Å². The molecule has 0 saturated carbocycles. The first-order valence-electron chi connectivity index (χ1n) is 6.68. The van der Waals surface area contributed by atoms with Gasteiger partial charge < -0.3 is 10.2 Å². The number of carbonyl (C=O) groups is 1. The summed E-state index contributed by atoms with van der Waals surface area (Å²) < 4.78 is 1.01. The van der Waals surface area contributed by atoms with Crippen molar-refractivity contribution in [2.24, 2.45) is 5.92 Å². The molecule has 5 heteroatoms. The Balaban J connectivity index is 2.02. The fourth-order valence-electron chi connectivity index (χ4n) is 2.58. The lowest BCUT2D eigenvalue weighted by Gasteiger charge is -2.34. The van der Waals surface area contributed by atoms with Crippen molar-refractivity contribution in [1.82, 2.24) is 10.3 Å². The van der Waals surface area contributed by atoms with Crippen LogP contribution < -0.4 is 10.2 Å². The molecule has 1 saturated heterocycles. The van der Waals surface area contributed by atoms with Gasteiger partial charge in [0.05, 0.1) is 0 Å². The van der Waals surface area contributed by atoms with Crippen molar-refractivity contribution < 1.29 is 4.79 Å². The van der Waals surface area contributed by atoms with Gasteiger partial charge in [-0.05, 0) is 53.2 Å². The SMILES string of the molecule is CC(=O)NCC1CCCN(c2ncc(Br)cc2C)C1. The van der Waals surface area contributed by atoms with Gasteiger partial charge in [0.2, 0.25) is 5.91 Å². The minimum absolute atomic E-state index is 0.0510. The van der Waals surface area contributed by atoms with E-state index < -0.39 is 0 Å². The maximum Gasteiger partial charge on any atom is 0.216 e. The third-order valence-corrected chi connectivity index (χ3v) is 3.91. The molecule has 0 radical (unpaired) electrons. The van der Waals surface area contributed by atoms with Crippen molar-refractivity contribution >= 4 is 27.7 Å². The first kappa shape index (κ1) is 14.3. The molecule has 1 aromatic heterocycles. The summed E-state index contributed by atoms with van der Waals surface area (Å²) in [4.78, 5) is 17.8. The fourth-order valence-corrected chi connectivity index (χ4v) is 3.02. The van der Waals surface area contributed by atoms with Crippen LogP contribution in [0.1, 0.15) is 25.3 Å². The van der Waals surface area contributed by atoms with E-state index in [0.717, 1.165) is 36.3 Å². The zero-order chi connectivity index (χ0) is 13.8. The number of nitrogens with zero attached hydrogens (tertiary/aromatic N) is 2. The Hall–Kier alpha value is -1.10. The summed E-state index contributed by atoms with van der Waals surface area (Å²) in [5.74, 6) is 1.63. The topological polar surface area (TPSA) is 45.2 Å². The Morgan fingerprint density at radius 2 is 2.42 bits per heavy atom. The van der Waals surface area contributed by atoms with E-state index >= 15 is 0 Å². The molecule has 1 fully saturated rings. The second-order valence-corrected chi connectivity index (χ2v) is 6.10. The van der Waals surface area contributed by atoms with Gasteiger partial charge in [-0.1, -0.05) is 0 Å². The number of aryl methyl sites for hydroxylation is 1. The molecule has 0 bridgehead atoms. The summed E-state index contributed by atoms with van der Waals surface area (Å²) in [6.45, 7) is 6.44. The van der Waals surface area contributed by atoms with E-state index in [-0.39, 0.29) is 5.91 Å². The zero-order valence-electron chi connectivity index (χ0n) is 11.4. The summed E-state index contributed by atoms with van der Waals surface area (Å²) in [5, 5.41) is 2.92. The maximum atomic E-state index is 11.0. The number of rotatable bonds is 3. The van der Waals surface area contributed by atoms with Crippen molar-refractivity contribution in [3.63, 3.8) is 0 Å². The molecule has 104 valence electrons. The molecule has 4 nitrogen and oxygen atoms in total. The van der Waals surface area contributed by atoms with Gasteiger partial charge in [-0.2, -0.15) is 0 Å². The van der Waals surface area contributed by atoms with Crippen LogP contribution >= 0.6 is 15.9 Å². The molecule has 19 heavy (non-hydrogen) atoms. The maximum absolute atomic E-state index is 11.0. The van der Waals surface area contributed by atoms with Crippen LogP contribution in [0.25, 0.3) is 0 Å². The van der Waals surface area contributed by atoms with Gasteiger partial charge >= 0.3 is 0 Å². The van der Waals surface area contributed by atoms with E-state index in [1.165, 1.54) is 12.0 Å². The Morgan fingerprint density at radius 3 is 3.11 bits per heavy atom. The lowest BCUT2D eigenvalue weighted by Crippen LogP contribution is -2.41. The van der Waals surface area contributed by atoms with Crippen LogP contribution in [0.5, 0.6) is 0 Å². The number of amides is 1. The van der Waals surface area contributed by atoms with E-state index in [1.54, 1.807) is 6.92 Å². The normalized spacial score (nSPS) is 19.3. The van der Waals surface area contributed by atoms with Gasteiger partial charge in [-0.15, -0.1) is 0 Å². The van der Waals surface area contributed by atoms with Gasteiger partial charge in [-0.3, -0.25) is 4.79 Å². The number of hydrogen-bond donors (Lipinski definition) is 1. The second-order valence-electron chi connectivity index (χ2n) is 5.19. The summed E-state index contributed by atoms with van der Waals surface area (Å²) >= 11 is 3.44. The third kappa shape index (κ3) is 3.93. The highest BCUT2D eigenvalue weighted by Crippen LogP contribution is 2.25. The third-order valence-electron chi connectivity index (χ3n) is 3.48. The minimum Gasteiger partial charge on any atom is -0.356 e. The van der Waals surface area contributed by atoms with Gasteiger partial charge in [-0.25, -0.2) is 4.98 Å². The predicted molar refractivity (Wildman–Crippen MR) is 80.3 cm³/mol. The molecule has 0 aliphatic carbocycles. The number of anilines is 1. The highest BCUT2D eigenvalue weighted by molar-refractivity contribution is 9.10. The Bertz CT molecular complexity index is 464. The highest BCUT2D eigenvalue weighted by Gasteiger charge is 2.22. The Kier molecular flexibility index (Phi) is 4.80. The van der Waals surface area contributed by atoms with Crippen molar-refractivity contribution in [3.05, 3.63) is 22.3 Å². The van der Waals surface area contributed by atoms with Crippen LogP contribution in [0, 0.1) is 12.8 Å². The number of aromatic nitrogens is 1. The van der Waals surface area contributed by atoms with E-state index in [9.17, 15) is 4.79 Å². The molecule has 2 heterocycles. The lowest BCUT2D eigenvalue weighted by molar-refractivity contribution is -0.119. The van der Waals surface area contributed by atoms with Crippen molar-refractivity contribution in [2.45, 2.75) is 26.7 Å². The fraction of sp³-hybridized carbons (Fsp3) is 0.571. The van der Waals surface area contributed by atoms with Gasteiger partial charge in [0.1, 0.15) is 5.82 Å². The molecule has 1 aliphatic heterocycles. The molecule has 1 atom stereocenters. The van der Waals surface area contributed by atoms with Gasteiger partial charge in [0.25, 0.3) is 0 Å². The molecular weight excluding hydrogens is 306 g/mol. The molecule has 0 aromatic carbocycles. The van der Waals surface area contributed by atoms with Crippen molar-refractivity contribution in [2.75, 3.05) is 24.5 Å². The van der Waals surface area contributed by atoms with Crippen LogP contribution in [0.4, 0.5) is 5.82 Å². The summed E-state index contributed by atoms with van der Waals surface area (Å²) in [6, 6.07) is 2.10. The molecular formula is C14H20BrN3O. The van der Waals surface area contributed by atoms with E-state index in [1.807, 2.05) is 6.20 Å². The first-order valence-corrected chi connectivity index (χ1v) is 7.47. The van der Waals surface area contributed by atoms with Crippen molar-refractivity contribution in [1.29, 1.82) is 0 Å². The number of carbonyl (C=O) groups excluding carboxylic acids is 1. The summed E-state index contributed by atoms with van der Waals surface area (Å²) in [5.41, 5.74) is 1.19. The van der Waals surface area contributed by atoms with Crippen LogP contribution in [0.15, 0.2) is 16.7 Å². The highest BCUT2D eigenvalue weighted by atomic mass is 79.9. The minimum atomic E-state index is 0.0510. The Labute approximate surface area is 122 Å². The standard InChI is InChI=1S/C14H20BrN3O/c1-10-6-13(15)8-17-14(10)18-5-3-4-12(9-18)7-16-11(2)19/h6,8,12H,3-5,7,9H2,1-2H3,(H,16,19). The second kappa shape index (κ2) is 6.37. The number of piperidine rings is 1. The van der Waals surface area contributed by atoms with E-state index in [2.05, 4.69) is 44.1 Å². The number of hydrogen-bond acceptors (Lipinski definition) is 3. The largest absolute Gasteiger partial charge is 0.356 e. The Morgan fingerprint density at radius 1 is 1.63 bits per heavy atom. The predicted octanol–water partition coefficient (Wildman–Crippen LogP) is 2.51. The number of halogens is 1. The first-order chi connectivity index (χ1) is 9.06. The molecule has 1 unspecified atom stereocenters. The molecule has 1 amide bonds. The van der Waals surface area contributed by atoms with E-state index in [4.69, 9.17) is 0 Å². The smallest absolute Gasteiger partial charge is 0.216 e. The van der Waals surface area contributed by atoms with Crippen LogP contribution in [-0.4, -0.2) is 30.5 Å². The van der Waals surface area contributed by atoms with Crippen LogP contribution in [0.3, 0.4) is 0 Å². The number of nitrogens with one attached hydrogen (secondary N) is 1. The molecule has 1 aliphatic rings. The summed E-state index contributed by atoms with van der Waals surface area (Å²) in [6.07, 6.45) is 4.17. The van der Waals surface area contributed by atoms with Gasteiger partial charge in [0, 0.05) is 37.2 Å². The average molecular weight is 326 g/mol. The van der Waals surface area contributed by atoms with Gasteiger partial charge in [0.15, 0.2) is 0 Å². The van der Waals surface area contributed by atoms with E-state index in [0.29, 0.717) is 5.92 Å². The van der Waals surface area contributed by atoms with Crippen LogP contribution in [-0.2, 0) is 4.79 Å². The molecule has 1 aromatic rings. The monoisotopic (exact) mass is 325 g/mol. The van der Waals surface area contributed by atoms with Crippen LogP contribution in [0.2, 0.25) is 0 Å². The molecule has 2 rings (SSSR count). The summed E-state index contributed by atoms with van der Waals surface area (Å²) in [7, 11) is 0. The quantitative estimate of drug-likeness (QED) is 0.928. The number of pyridine rings is 1. The average Bonchev–Trinajstić information content (AvgIpc) is 2.36. The zero-order valence-corrected chi connectivity index (χ0v) is 13.0. The lowest BCUT2D eigenvalue weighted by atomic mass is 9.97. The molecule has 0 spiro atoms. The molecule has 1 N–H and O–H groups in total.